The molecule has 0 radical (unpaired) electrons. The number of halogens is 2. The van der Waals surface area contributed by atoms with E-state index >= 15 is 0 Å². The smallest absolute Gasteiger partial charge is 0.309 e. The number of amides is 2. The number of hydrogen-bond donors (Lipinski definition) is 2. The number of carbonyl (C=O) groups excluding carboxylic acids is 3. The lowest BCUT2D eigenvalue weighted by Gasteiger charge is -2.19. The second-order valence-electron chi connectivity index (χ2n) is 6.63. The normalized spacial score (nSPS) is 15.9. The van der Waals surface area contributed by atoms with E-state index in [2.05, 4.69) is 31.8 Å². The van der Waals surface area contributed by atoms with Crippen LogP contribution in [0.3, 0.4) is 0 Å². The van der Waals surface area contributed by atoms with Crippen molar-refractivity contribution in [2.45, 2.75) is 26.3 Å². The highest BCUT2D eigenvalue weighted by Gasteiger charge is 2.28. The number of nitrogens with zero attached hydrogens (tertiary/aromatic N) is 2. The Balaban J connectivity index is 0.00000392. The number of ketones is 1. The maximum absolute atomic E-state index is 12.6. The van der Waals surface area contributed by atoms with E-state index in [0.717, 1.165) is 16.8 Å². The molecule has 7 nitrogen and oxygen atoms in total. The first kappa shape index (κ1) is 24.5. The van der Waals surface area contributed by atoms with Crippen molar-refractivity contribution >= 4 is 62.9 Å². The maximum atomic E-state index is 12.6. The van der Waals surface area contributed by atoms with E-state index in [1.807, 2.05) is 25.8 Å². The summed E-state index contributed by atoms with van der Waals surface area (Å²) in [5, 5.41) is 7.34. The number of hydrogen-bond acceptors (Lipinski definition) is 5. The summed E-state index contributed by atoms with van der Waals surface area (Å²) >= 11 is 4.82. The average molecular weight is 492 g/mol. The van der Waals surface area contributed by atoms with Gasteiger partial charge in [0.15, 0.2) is 5.17 Å². The van der Waals surface area contributed by atoms with Crippen molar-refractivity contribution in [3.8, 4) is 0 Å². The lowest BCUT2D eigenvalue weighted by Crippen LogP contribution is -2.47. The molecule has 0 unspecified atom stereocenters. The lowest BCUT2D eigenvalue weighted by atomic mass is 9.99. The van der Waals surface area contributed by atoms with Crippen LogP contribution >= 0.6 is 40.1 Å². The van der Waals surface area contributed by atoms with Crippen molar-refractivity contribution in [1.29, 1.82) is 0 Å². The van der Waals surface area contributed by atoms with E-state index in [1.165, 1.54) is 11.8 Å². The van der Waals surface area contributed by atoms with E-state index < -0.39 is 23.6 Å². The molecule has 1 aromatic carbocycles. The Morgan fingerprint density at radius 2 is 1.89 bits per heavy atom. The minimum Gasteiger partial charge on any atom is -0.352 e. The molecule has 1 fully saturated rings. The van der Waals surface area contributed by atoms with Gasteiger partial charge < -0.3 is 10.2 Å². The van der Waals surface area contributed by atoms with Gasteiger partial charge in [0.1, 0.15) is 0 Å². The molecule has 1 heterocycles. The van der Waals surface area contributed by atoms with Gasteiger partial charge >= 0.3 is 5.91 Å². The van der Waals surface area contributed by atoms with Crippen LogP contribution in [0.2, 0.25) is 0 Å². The highest BCUT2D eigenvalue weighted by atomic mass is 79.9. The van der Waals surface area contributed by atoms with Gasteiger partial charge in [-0.25, -0.2) is 5.43 Å². The number of amidine groups is 1. The highest BCUT2D eigenvalue weighted by molar-refractivity contribution is 9.10. The van der Waals surface area contributed by atoms with Gasteiger partial charge in [-0.15, -0.1) is 17.5 Å². The Bertz CT molecular complexity index is 743. The Labute approximate surface area is 183 Å². The zero-order valence-corrected chi connectivity index (χ0v) is 19.1. The molecule has 28 heavy (non-hydrogen) atoms. The monoisotopic (exact) mass is 490 g/mol. The molecule has 1 atom stereocenters. The van der Waals surface area contributed by atoms with Crippen LogP contribution in [0.5, 0.6) is 0 Å². The lowest BCUT2D eigenvalue weighted by molar-refractivity contribution is -0.139. The fraction of sp³-hybridized carbons (Fsp3) is 0.444. The maximum Gasteiger partial charge on any atom is 0.309 e. The summed E-state index contributed by atoms with van der Waals surface area (Å²) in [5.74, 6) is -0.918. The number of Topliss-reactive ketones (excluding diaryl/α,β-unsaturated/α-hetero) is 1. The molecule has 1 aromatic rings. The molecule has 2 amide bonds. The number of nitrogens with one attached hydrogen (secondary N) is 2. The first-order valence-corrected chi connectivity index (χ1v) is 10.4. The van der Waals surface area contributed by atoms with Crippen molar-refractivity contribution in [3.63, 3.8) is 0 Å². The second-order valence-corrected chi connectivity index (χ2v) is 8.61. The van der Waals surface area contributed by atoms with Crippen LogP contribution in [0, 0.1) is 5.92 Å². The summed E-state index contributed by atoms with van der Waals surface area (Å²) in [6, 6.07) is 5.88. The van der Waals surface area contributed by atoms with Gasteiger partial charge in [0.05, 0.1) is 6.04 Å². The van der Waals surface area contributed by atoms with Crippen LogP contribution in [0.1, 0.15) is 30.6 Å². The van der Waals surface area contributed by atoms with Crippen LogP contribution in [-0.2, 0) is 9.59 Å². The van der Waals surface area contributed by atoms with Gasteiger partial charge in [-0.3, -0.25) is 14.4 Å². The zero-order chi connectivity index (χ0) is 20.0. The molecule has 1 aliphatic rings. The Kier molecular flexibility index (Phi) is 9.98. The molecule has 10 heteroatoms. The van der Waals surface area contributed by atoms with Gasteiger partial charge in [0.25, 0.3) is 5.91 Å². The highest BCUT2D eigenvalue weighted by Crippen LogP contribution is 2.15. The van der Waals surface area contributed by atoms with Crippen LogP contribution in [0.15, 0.2) is 33.8 Å². The van der Waals surface area contributed by atoms with Gasteiger partial charge in [0, 0.05) is 29.4 Å². The van der Waals surface area contributed by atoms with Crippen LogP contribution < -0.4 is 10.7 Å². The Morgan fingerprint density at radius 1 is 1.25 bits per heavy atom. The summed E-state index contributed by atoms with van der Waals surface area (Å²) in [5.41, 5.74) is 2.73. The molecule has 0 bridgehead atoms. The summed E-state index contributed by atoms with van der Waals surface area (Å²) < 4.78 is 0.849. The van der Waals surface area contributed by atoms with Crippen LogP contribution in [-0.4, -0.2) is 53.1 Å². The molecular formula is C18H24BrClN4O3S. The molecule has 1 aliphatic heterocycles. The third-order valence-corrected chi connectivity index (χ3v) is 5.47. The van der Waals surface area contributed by atoms with Gasteiger partial charge in [-0.1, -0.05) is 41.5 Å². The van der Waals surface area contributed by atoms with Crippen molar-refractivity contribution in [2.75, 3.05) is 19.3 Å². The average Bonchev–Trinajstić information content (AvgIpc) is 3.03. The minimum atomic E-state index is -0.907. The zero-order valence-electron chi connectivity index (χ0n) is 15.9. The van der Waals surface area contributed by atoms with Crippen molar-refractivity contribution in [3.05, 3.63) is 34.3 Å². The SMILES string of the molecule is CC(C)C[C@H](NC(=O)c1ccc(Br)cc1)C(=O)C(=O)N/N=C1\SCCN1C.Cl. The van der Waals surface area contributed by atoms with E-state index in [1.54, 1.807) is 24.3 Å². The summed E-state index contributed by atoms with van der Waals surface area (Å²) in [6.07, 6.45) is 0.361. The predicted molar refractivity (Wildman–Crippen MR) is 118 cm³/mol. The number of carbonyl (C=O) groups is 3. The van der Waals surface area contributed by atoms with Crippen molar-refractivity contribution < 1.29 is 14.4 Å². The molecular weight excluding hydrogens is 468 g/mol. The van der Waals surface area contributed by atoms with E-state index in [0.29, 0.717) is 17.2 Å². The molecule has 154 valence electrons. The standard InChI is InChI=1S/C18H23BrN4O3S.ClH/c1-11(2)10-14(20-16(25)12-4-6-13(19)7-5-12)15(24)17(26)21-22-18-23(3)8-9-27-18;/h4-7,11,14H,8-10H2,1-3H3,(H,20,25)(H,21,26);1H/b22-18-;/t14-;/m0./s1. The molecule has 0 spiro atoms. The number of thioether (sulfide) groups is 1. The molecule has 0 saturated carbocycles. The fourth-order valence-corrected chi connectivity index (χ4v) is 3.69. The number of rotatable bonds is 7. The van der Waals surface area contributed by atoms with E-state index in [-0.39, 0.29) is 18.3 Å². The molecule has 2 N–H and O–H groups in total. The summed E-state index contributed by atoms with van der Waals surface area (Å²) in [6.45, 7) is 4.69. The molecule has 0 aromatic heterocycles. The van der Waals surface area contributed by atoms with Gasteiger partial charge in [-0.2, -0.15) is 0 Å². The summed E-state index contributed by atoms with van der Waals surface area (Å²) in [7, 11) is 1.87. The van der Waals surface area contributed by atoms with Gasteiger partial charge in [-0.05, 0) is 36.6 Å². The van der Waals surface area contributed by atoms with Gasteiger partial charge in [0.2, 0.25) is 5.78 Å². The van der Waals surface area contributed by atoms with Crippen molar-refractivity contribution in [2.24, 2.45) is 11.0 Å². The van der Waals surface area contributed by atoms with E-state index in [9.17, 15) is 14.4 Å². The molecule has 0 aliphatic carbocycles. The predicted octanol–water partition coefficient (Wildman–Crippen LogP) is 2.65. The summed E-state index contributed by atoms with van der Waals surface area (Å²) in [4.78, 5) is 39.1. The molecule has 1 saturated heterocycles. The second kappa shape index (κ2) is 11.4. The first-order valence-electron chi connectivity index (χ1n) is 8.60. The van der Waals surface area contributed by atoms with Crippen molar-refractivity contribution in [1.82, 2.24) is 15.6 Å². The number of hydrazone groups is 1. The third kappa shape index (κ3) is 7.10. The van der Waals surface area contributed by atoms with Crippen LogP contribution in [0.25, 0.3) is 0 Å². The Morgan fingerprint density at radius 3 is 2.43 bits per heavy atom. The topological polar surface area (TPSA) is 90.9 Å². The van der Waals surface area contributed by atoms with Crippen LogP contribution in [0.4, 0.5) is 0 Å². The largest absolute Gasteiger partial charge is 0.352 e. The first-order chi connectivity index (χ1) is 12.8. The minimum absolute atomic E-state index is 0. The molecule has 2 rings (SSSR count). The fourth-order valence-electron chi connectivity index (χ4n) is 2.46. The third-order valence-electron chi connectivity index (χ3n) is 3.90. The number of benzene rings is 1. The quantitative estimate of drug-likeness (QED) is 0.452. The Hall–Kier alpha value is -1.58. The van der Waals surface area contributed by atoms with E-state index in [4.69, 9.17) is 0 Å².